The quantitative estimate of drug-likeness (QED) is 0.489. The number of rotatable bonds is 1. The SMILES string of the molecule is CC.CCCC.O. The first-order valence-electron chi connectivity index (χ1n) is 2.91. The lowest BCUT2D eigenvalue weighted by molar-refractivity contribution is 0.824. The highest BCUT2D eigenvalue weighted by Gasteiger charge is 1.56. The highest BCUT2D eigenvalue weighted by atomic mass is 16.0. The smallest absolute Gasteiger partial charge is 0.0564 e. The summed E-state index contributed by atoms with van der Waals surface area (Å²) in [6.45, 7) is 8.36. The highest BCUT2D eigenvalue weighted by Crippen LogP contribution is 1.76. The fraction of sp³-hybridized carbons (Fsp3) is 1.00. The molecule has 0 rings (SSSR count). The second kappa shape index (κ2) is 38.2. The van der Waals surface area contributed by atoms with Gasteiger partial charge in [0, 0.05) is 0 Å². The zero-order chi connectivity index (χ0) is 5.41. The van der Waals surface area contributed by atoms with Crippen molar-refractivity contribution in [3.8, 4) is 0 Å². The van der Waals surface area contributed by atoms with Crippen LogP contribution in [0.25, 0.3) is 0 Å². The predicted octanol–water partition coefficient (Wildman–Crippen LogP) is 2.01. The summed E-state index contributed by atoms with van der Waals surface area (Å²) in [5.41, 5.74) is 0. The topological polar surface area (TPSA) is 31.5 Å². The molecule has 1 heteroatoms. The first-order chi connectivity index (χ1) is 2.91. The average Bonchev–Trinajstić information content (AvgIpc) is 1.72. The van der Waals surface area contributed by atoms with E-state index < -0.39 is 0 Å². The van der Waals surface area contributed by atoms with Crippen molar-refractivity contribution >= 4 is 0 Å². The van der Waals surface area contributed by atoms with E-state index in [1.807, 2.05) is 13.8 Å². The molecule has 0 amide bonds. The summed E-state index contributed by atoms with van der Waals surface area (Å²) < 4.78 is 0. The molecule has 0 spiro atoms. The second-order valence-electron chi connectivity index (χ2n) is 1.000. The fourth-order valence-corrected chi connectivity index (χ4v) is 0. The Morgan fingerprint density at radius 1 is 0.857 bits per heavy atom. The van der Waals surface area contributed by atoms with Crippen molar-refractivity contribution in [2.24, 2.45) is 0 Å². The fourth-order valence-electron chi connectivity index (χ4n) is 0. The van der Waals surface area contributed by atoms with Crippen molar-refractivity contribution in [3.05, 3.63) is 0 Å². The molecule has 0 aromatic rings. The summed E-state index contributed by atoms with van der Waals surface area (Å²) in [6.07, 6.45) is 2.64. The molecule has 0 radical (unpaired) electrons. The van der Waals surface area contributed by atoms with Crippen LogP contribution in [0.3, 0.4) is 0 Å². The lowest BCUT2D eigenvalue weighted by Gasteiger charge is -1.68. The Labute approximate surface area is 47.1 Å². The lowest BCUT2D eigenvalue weighted by atomic mass is 10.4. The van der Waals surface area contributed by atoms with Gasteiger partial charge in [0.15, 0.2) is 0 Å². The largest absolute Gasteiger partial charge is 0.412 e. The van der Waals surface area contributed by atoms with E-state index in [0.29, 0.717) is 0 Å². The van der Waals surface area contributed by atoms with Gasteiger partial charge in [-0.25, -0.2) is 0 Å². The third-order valence-corrected chi connectivity index (χ3v) is 0.500. The Morgan fingerprint density at radius 3 is 1.00 bits per heavy atom. The van der Waals surface area contributed by atoms with Crippen molar-refractivity contribution < 1.29 is 5.48 Å². The van der Waals surface area contributed by atoms with Gasteiger partial charge in [0.1, 0.15) is 0 Å². The summed E-state index contributed by atoms with van der Waals surface area (Å²) in [6, 6.07) is 0. The van der Waals surface area contributed by atoms with E-state index in [0.717, 1.165) is 0 Å². The molecule has 7 heavy (non-hydrogen) atoms. The zero-order valence-electron chi connectivity index (χ0n) is 5.91. The van der Waals surface area contributed by atoms with Crippen molar-refractivity contribution in [2.75, 3.05) is 0 Å². The van der Waals surface area contributed by atoms with Gasteiger partial charge in [0.2, 0.25) is 0 Å². The van der Waals surface area contributed by atoms with Gasteiger partial charge in [-0.3, -0.25) is 0 Å². The zero-order valence-corrected chi connectivity index (χ0v) is 5.91. The maximum Gasteiger partial charge on any atom is -0.0564 e. The normalized spacial score (nSPS) is 5.14. The highest BCUT2D eigenvalue weighted by molar-refractivity contribution is 4.12. The molecule has 0 saturated carbocycles. The number of unbranched alkanes of at least 4 members (excludes halogenated alkanes) is 1. The molecule has 0 aromatic heterocycles. The third kappa shape index (κ3) is 101. The summed E-state index contributed by atoms with van der Waals surface area (Å²) in [5.74, 6) is 0. The van der Waals surface area contributed by atoms with E-state index in [1.165, 1.54) is 12.8 Å². The van der Waals surface area contributed by atoms with Gasteiger partial charge in [-0.1, -0.05) is 40.5 Å². The van der Waals surface area contributed by atoms with Crippen molar-refractivity contribution in [1.29, 1.82) is 0 Å². The van der Waals surface area contributed by atoms with Crippen LogP contribution >= 0.6 is 0 Å². The molecule has 0 bridgehead atoms. The first-order valence-corrected chi connectivity index (χ1v) is 2.91. The summed E-state index contributed by atoms with van der Waals surface area (Å²) in [7, 11) is 0. The molecule has 0 unspecified atom stereocenters. The van der Waals surface area contributed by atoms with E-state index in [9.17, 15) is 0 Å². The molecule has 0 aliphatic rings. The molecule has 0 aliphatic carbocycles. The summed E-state index contributed by atoms with van der Waals surface area (Å²) in [4.78, 5) is 0. The minimum absolute atomic E-state index is 0. The monoisotopic (exact) mass is 106 g/mol. The third-order valence-electron chi connectivity index (χ3n) is 0.500. The van der Waals surface area contributed by atoms with Crippen LogP contribution in [-0.4, -0.2) is 5.48 Å². The van der Waals surface area contributed by atoms with Crippen LogP contribution in [0.15, 0.2) is 0 Å². The van der Waals surface area contributed by atoms with Gasteiger partial charge >= 0.3 is 0 Å². The molecule has 48 valence electrons. The van der Waals surface area contributed by atoms with Gasteiger partial charge in [-0.15, -0.1) is 0 Å². The van der Waals surface area contributed by atoms with Crippen molar-refractivity contribution in [2.45, 2.75) is 40.5 Å². The summed E-state index contributed by atoms with van der Waals surface area (Å²) in [5, 5.41) is 0. The Balaban J connectivity index is -0.0000000480. The van der Waals surface area contributed by atoms with Crippen LogP contribution in [-0.2, 0) is 0 Å². The van der Waals surface area contributed by atoms with E-state index in [-0.39, 0.29) is 5.48 Å². The van der Waals surface area contributed by atoms with Crippen molar-refractivity contribution in [1.82, 2.24) is 0 Å². The van der Waals surface area contributed by atoms with E-state index in [2.05, 4.69) is 13.8 Å². The van der Waals surface area contributed by atoms with Crippen LogP contribution < -0.4 is 0 Å². The molecule has 0 fully saturated rings. The van der Waals surface area contributed by atoms with Crippen LogP contribution in [0.4, 0.5) is 0 Å². The predicted molar refractivity (Wildman–Crippen MR) is 35.5 cm³/mol. The van der Waals surface area contributed by atoms with Crippen LogP contribution in [0, 0.1) is 0 Å². The molecule has 0 aromatic carbocycles. The van der Waals surface area contributed by atoms with Crippen LogP contribution in [0.1, 0.15) is 40.5 Å². The van der Waals surface area contributed by atoms with E-state index in [1.54, 1.807) is 0 Å². The van der Waals surface area contributed by atoms with Crippen LogP contribution in [0.2, 0.25) is 0 Å². The molecular weight excluding hydrogens is 88.1 g/mol. The molecule has 1 nitrogen and oxygen atoms in total. The minimum Gasteiger partial charge on any atom is -0.412 e. The maximum absolute atomic E-state index is 2.18. The Kier molecular flexibility index (Phi) is 86.0. The Morgan fingerprint density at radius 2 is 1.00 bits per heavy atom. The van der Waals surface area contributed by atoms with Gasteiger partial charge in [-0.05, 0) is 0 Å². The Bertz CT molecular complexity index is 6.14. The molecule has 0 aliphatic heterocycles. The van der Waals surface area contributed by atoms with Gasteiger partial charge in [0.25, 0.3) is 0 Å². The molecule has 0 heterocycles. The number of hydrogen-bond donors (Lipinski definition) is 0. The van der Waals surface area contributed by atoms with Gasteiger partial charge < -0.3 is 5.48 Å². The number of hydrogen-bond acceptors (Lipinski definition) is 0. The molecule has 0 saturated heterocycles. The van der Waals surface area contributed by atoms with E-state index in [4.69, 9.17) is 0 Å². The molecule has 0 atom stereocenters. The van der Waals surface area contributed by atoms with E-state index >= 15 is 0 Å². The lowest BCUT2D eigenvalue weighted by Crippen LogP contribution is -1.47. The average molecular weight is 106 g/mol. The summed E-state index contributed by atoms with van der Waals surface area (Å²) >= 11 is 0. The minimum atomic E-state index is 0. The van der Waals surface area contributed by atoms with Gasteiger partial charge in [0.05, 0.1) is 0 Å². The molecule has 2 N–H and O–H groups in total. The maximum atomic E-state index is 2.18. The van der Waals surface area contributed by atoms with Crippen LogP contribution in [0.5, 0.6) is 0 Å². The molecular formula is C6H18O. The Hall–Kier alpha value is -0.0400. The second-order valence-corrected chi connectivity index (χ2v) is 1.000. The first kappa shape index (κ1) is 15.8. The standard InChI is InChI=1S/C4H10.C2H6.H2O/c1-3-4-2;1-2;/h3-4H2,1-2H3;1-2H3;1H2. The van der Waals surface area contributed by atoms with Gasteiger partial charge in [-0.2, -0.15) is 0 Å². The van der Waals surface area contributed by atoms with Crippen molar-refractivity contribution in [3.63, 3.8) is 0 Å².